The van der Waals surface area contributed by atoms with Crippen molar-refractivity contribution in [1.82, 2.24) is 10.3 Å². The van der Waals surface area contributed by atoms with Gasteiger partial charge in [0.2, 0.25) is 0 Å². The smallest absolute Gasteiger partial charge is 0.0898 e. The van der Waals surface area contributed by atoms with Crippen LogP contribution in [0.3, 0.4) is 0 Å². The number of ether oxygens (including phenoxy) is 1. The number of thiophene rings is 1. The fourth-order valence-electron chi connectivity index (χ4n) is 1.81. The van der Waals surface area contributed by atoms with Gasteiger partial charge < -0.3 is 15.2 Å². The molecule has 0 bridgehead atoms. The number of rotatable bonds is 8. The van der Waals surface area contributed by atoms with Crippen LogP contribution < -0.4 is 5.32 Å². The standard InChI is InChI=1S/C15H20N2O2S/c1-12(13-4-2-6-16-8-13)17-9-14(18)10-19-11-15-5-3-7-20-15/h2-8,12,14,17-18H,9-11H2,1H3/t12-,14?/m0/s1. The van der Waals surface area contributed by atoms with Crippen molar-refractivity contribution in [1.29, 1.82) is 0 Å². The monoisotopic (exact) mass is 292 g/mol. The van der Waals surface area contributed by atoms with E-state index in [4.69, 9.17) is 4.74 Å². The van der Waals surface area contributed by atoms with E-state index in [2.05, 4.69) is 17.2 Å². The highest BCUT2D eigenvalue weighted by Crippen LogP contribution is 2.11. The molecule has 0 aromatic carbocycles. The van der Waals surface area contributed by atoms with E-state index in [1.54, 1.807) is 17.5 Å². The molecule has 1 unspecified atom stereocenters. The van der Waals surface area contributed by atoms with Crippen molar-refractivity contribution < 1.29 is 9.84 Å². The van der Waals surface area contributed by atoms with Crippen LogP contribution in [0.5, 0.6) is 0 Å². The fraction of sp³-hybridized carbons (Fsp3) is 0.400. The summed E-state index contributed by atoms with van der Waals surface area (Å²) < 4.78 is 5.49. The lowest BCUT2D eigenvalue weighted by molar-refractivity contribution is 0.0288. The molecular weight excluding hydrogens is 272 g/mol. The fourth-order valence-corrected chi connectivity index (χ4v) is 2.45. The van der Waals surface area contributed by atoms with Crippen LogP contribution in [0.25, 0.3) is 0 Å². The molecule has 0 spiro atoms. The number of pyridine rings is 1. The highest BCUT2D eigenvalue weighted by atomic mass is 32.1. The molecule has 2 aromatic heterocycles. The summed E-state index contributed by atoms with van der Waals surface area (Å²) in [5.74, 6) is 0. The van der Waals surface area contributed by atoms with Crippen molar-refractivity contribution in [2.24, 2.45) is 0 Å². The molecule has 2 rings (SSSR count). The third-order valence-electron chi connectivity index (χ3n) is 2.98. The number of hydrogen-bond acceptors (Lipinski definition) is 5. The summed E-state index contributed by atoms with van der Waals surface area (Å²) in [6, 6.07) is 8.12. The SMILES string of the molecule is C[C@H](NCC(O)COCc1cccs1)c1cccnc1. The highest BCUT2D eigenvalue weighted by molar-refractivity contribution is 7.09. The lowest BCUT2D eigenvalue weighted by Crippen LogP contribution is -2.32. The first kappa shape index (κ1) is 15.1. The van der Waals surface area contributed by atoms with Crippen LogP contribution in [0.4, 0.5) is 0 Å². The molecule has 0 saturated heterocycles. The van der Waals surface area contributed by atoms with Crippen molar-refractivity contribution in [3.05, 3.63) is 52.5 Å². The second-order valence-corrected chi connectivity index (χ2v) is 5.70. The second-order valence-electron chi connectivity index (χ2n) is 4.66. The van der Waals surface area contributed by atoms with Gasteiger partial charge in [0.05, 0.1) is 19.3 Å². The second kappa shape index (κ2) is 8.11. The van der Waals surface area contributed by atoms with Crippen molar-refractivity contribution in [2.75, 3.05) is 13.2 Å². The molecule has 20 heavy (non-hydrogen) atoms. The third kappa shape index (κ3) is 5.02. The van der Waals surface area contributed by atoms with Gasteiger partial charge in [-0.1, -0.05) is 12.1 Å². The van der Waals surface area contributed by atoms with Crippen LogP contribution in [0, 0.1) is 0 Å². The summed E-state index contributed by atoms with van der Waals surface area (Å²) in [7, 11) is 0. The molecular formula is C15H20N2O2S. The van der Waals surface area contributed by atoms with Gasteiger partial charge in [0, 0.05) is 29.9 Å². The van der Waals surface area contributed by atoms with Gasteiger partial charge in [0.25, 0.3) is 0 Å². The summed E-state index contributed by atoms with van der Waals surface area (Å²) in [4.78, 5) is 5.26. The Morgan fingerprint density at radius 3 is 3.00 bits per heavy atom. The van der Waals surface area contributed by atoms with Crippen LogP contribution in [-0.2, 0) is 11.3 Å². The van der Waals surface area contributed by atoms with Crippen LogP contribution in [0.15, 0.2) is 42.0 Å². The van der Waals surface area contributed by atoms with Crippen LogP contribution >= 0.6 is 11.3 Å². The highest BCUT2D eigenvalue weighted by Gasteiger charge is 2.09. The number of nitrogens with one attached hydrogen (secondary N) is 1. The van der Waals surface area contributed by atoms with Crippen molar-refractivity contribution in [2.45, 2.75) is 25.7 Å². The molecule has 4 nitrogen and oxygen atoms in total. The Labute approximate surface area is 123 Å². The Morgan fingerprint density at radius 2 is 2.30 bits per heavy atom. The van der Waals surface area contributed by atoms with E-state index in [1.807, 2.05) is 35.8 Å². The van der Waals surface area contributed by atoms with Gasteiger partial charge in [-0.15, -0.1) is 11.3 Å². The minimum absolute atomic E-state index is 0.163. The van der Waals surface area contributed by atoms with E-state index in [9.17, 15) is 5.11 Å². The van der Waals surface area contributed by atoms with E-state index >= 15 is 0 Å². The van der Waals surface area contributed by atoms with Gasteiger partial charge in [-0.3, -0.25) is 4.98 Å². The van der Waals surface area contributed by atoms with Crippen LogP contribution in [0.2, 0.25) is 0 Å². The minimum Gasteiger partial charge on any atom is -0.389 e. The zero-order valence-electron chi connectivity index (χ0n) is 11.5. The largest absolute Gasteiger partial charge is 0.389 e. The Morgan fingerprint density at radius 1 is 1.40 bits per heavy atom. The molecule has 0 aliphatic carbocycles. The average molecular weight is 292 g/mol. The van der Waals surface area contributed by atoms with Gasteiger partial charge in [0.15, 0.2) is 0 Å². The van der Waals surface area contributed by atoms with Crippen molar-refractivity contribution in [3.63, 3.8) is 0 Å². The van der Waals surface area contributed by atoms with Gasteiger partial charge in [-0.2, -0.15) is 0 Å². The predicted octanol–water partition coefficient (Wildman–Crippen LogP) is 2.37. The van der Waals surface area contributed by atoms with E-state index < -0.39 is 6.10 Å². The predicted molar refractivity (Wildman–Crippen MR) is 80.6 cm³/mol. The minimum atomic E-state index is -0.505. The molecule has 0 saturated carbocycles. The maximum atomic E-state index is 9.87. The third-order valence-corrected chi connectivity index (χ3v) is 3.83. The molecule has 2 N–H and O–H groups in total. The molecule has 5 heteroatoms. The Balaban J connectivity index is 1.63. The van der Waals surface area contributed by atoms with E-state index in [0.717, 1.165) is 5.56 Å². The number of aromatic nitrogens is 1. The van der Waals surface area contributed by atoms with E-state index in [-0.39, 0.29) is 6.04 Å². The Kier molecular flexibility index (Phi) is 6.14. The first-order valence-corrected chi connectivity index (χ1v) is 7.55. The first-order valence-electron chi connectivity index (χ1n) is 6.67. The Hall–Kier alpha value is -1.27. The summed E-state index contributed by atoms with van der Waals surface area (Å²) in [6.45, 7) is 3.45. The van der Waals surface area contributed by atoms with Gasteiger partial charge in [-0.05, 0) is 30.0 Å². The molecule has 0 aliphatic heterocycles. The molecule has 2 heterocycles. The van der Waals surface area contributed by atoms with Gasteiger partial charge in [-0.25, -0.2) is 0 Å². The van der Waals surface area contributed by atoms with E-state index in [0.29, 0.717) is 19.8 Å². The van der Waals surface area contributed by atoms with Crippen LogP contribution in [-0.4, -0.2) is 29.3 Å². The average Bonchev–Trinajstić information content (AvgIpc) is 2.99. The molecule has 2 aromatic rings. The van der Waals surface area contributed by atoms with Crippen LogP contribution in [0.1, 0.15) is 23.4 Å². The van der Waals surface area contributed by atoms with Crippen molar-refractivity contribution >= 4 is 11.3 Å². The molecule has 108 valence electrons. The number of nitrogens with zero attached hydrogens (tertiary/aromatic N) is 1. The summed E-state index contributed by atoms with van der Waals surface area (Å²) in [5.41, 5.74) is 1.11. The number of aliphatic hydroxyl groups excluding tert-OH is 1. The molecule has 0 radical (unpaired) electrons. The number of aliphatic hydroxyl groups is 1. The molecule has 0 fully saturated rings. The summed E-state index contributed by atoms with van der Waals surface area (Å²) in [6.07, 6.45) is 3.08. The lowest BCUT2D eigenvalue weighted by Gasteiger charge is -2.17. The van der Waals surface area contributed by atoms with Crippen molar-refractivity contribution in [3.8, 4) is 0 Å². The summed E-state index contributed by atoms with van der Waals surface area (Å²) in [5, 5.41) is 15.2. The lowest BCUT2D eigenvalue weighted by atomic mass is 10.1. The molecule has 2 atom stereocenters. The topological polar surface area (TPSA) is 54.4 Å². The quantitative estimate of drug-likeness (QED) is 0.784. The maximum absolute atomic E-state index is 9.87. The Bertz CT molecular complexity index is 476. The molecule has 0 amide bonds. The number of hydrogen-bond donors (Lipinski definition) is 2. The summed E-state index contributed by atoms with van der Waals surface area (Å²) >= 11 is 1.66. The first-order chi connectivity index (χ1) is 9.75. The van der Waals surface area contributed by atoms with E-state index in [1.165, 1.54) is 4.88 Å². The van der Waals surface area contributed by atoms with Gasteiger partial charge >= 0.3 is 0 Å². The zero-order valence-corrected chi connectivity index (χ0v) is 12.3. The normalized spacial score (nSPS) is 14.1. The van der Waals surface area contributed by atoms with Gasteiger partial charge in [0.1, 0.15) is 0 Å². The zero-order chi connectivity index (χ0) is 14.2. The molecule has 0 aliphatic rings. The maximum Gasteiger partial charge on any atom is 0.0898 e.